The van der Waals surface area contributed by atoms with Gasteiger partial charge in [0, 0.05) is 10.3 Å². The smallest absolute Gasteiger partial charge is 0.224 e. The van der Waals surface area contributed by atoms with Gasteiger partial charge in [0.2, 0.25) is 5.82 Å². The Hall–Kier alpha value is -2.08. The molecule has 0 atom stereocenters. The van der Waals surface area contributed by atoms with Crippen LogP contribution in [0, 0.1) is 6.92 Å². The minimum absolute atomic E-state index is 0.312. The first-order valence-electron chi connectivity index (χ1n) is 6.52. The number of fused-ring (bicyclic) bond motifs is 1. The Morgan fingerprint density at radius 3 is 2.32 bits per heavy atom. The number of aromatic nitrogens is 2. The van der Waals surface area contributed by atoms with Gasteiger partial charge in [-0.3, -0.25) is 0 Å². The van der Waals surface area contributed by atoms with Crippen LogP contribution in [0.15, 0.2) is 58.5 Å². The molecule has 0 N–H and O–H groups in total. The van der Waals surface area contributed by atoms with E-state index in [0.29, 0.717) is 21.5 Å². The largest absolute Gasteiger partial charge is 0.451 e. The van der Waals surface area contributed by atoms with E-state index in [2.05, 4.69) is 9.97 Å². The number of alkyl halides is 3. The highest BCUT2D eigenvalue weighted by atomic mass is 32.2. The lowest BCUT2D eigenvalue weighted by atomic mass is 10.1. The van der Waals surface area contributed by atoms with Gasteiger partial charge >= 0.3 is 6.18 Å². The first-order valence-corrected chi connectivity index (χ1v) is 7.34. The van der Waals surface area contributed by atoms with Crippen molar-refractivity contribution >= 4 is 22.7 Å². The van der Waals surface area contributed by atoms with E-state index in [-0.39, 0.29) is 0 Å². The summed E-state index contributed by atoms with van der Waals surface area (Å²) in [5.41, 5.74) is 1.03. The fourth-order valence-corrected chi connectivity index (χ4v) is 3.00. The Labute approximate surface area is 129 Å². The molecule has 0 saturated heterocycles. The zero-order valence-corrected chi connectivity index (χ0v) is 12.4. The van der Waals surface area contributed by atoms with Crippen molar-refractivity contribution in [3.05, 3.63) is 59.9 Å². The molecule has 2 aromatic carbocycles. The highest BCUT2D eigenvalue weighted by Crippen LogP contribution is 2.35. The normalized spacial score (nSPS) is 11.8. The van der Waals surface area contributed by atoms with E-state index in [1.54, 1.807) is 25.1 Å². The van der Waals surface area contributed by atoms with Crippen molar-refractivity contribution < 1.29 is 13.2 Å². The second kappa shape index (κ2) is 5.61. The summed E-state index contributed by atoms with van der Waals surface area (Å²) in [5, 5.41) is 0.939. The zero-order chi connectivity index (χ0) is 15.7. The fourth-order valence-electron chi connectivity index (χ4n) is 2.07. The molecule has 112 valence electrons. The first kappa shape index (κ1) is 14.8. The number of hydrogen-bond acceptors (Lipinski definition) is 3. The maximum atomic E-state index is 13.0. The number of hydrogen-bond donors (Lipinski definition) is 0. The van der Waals surface area contributed by atoms with E-state index in [0.717, 1.165) is 4.90 Å². The van der Waals surface area contributed by atoms with Crippen LogP contribution in [-0.4, -0.2) is 9.97 Å². The van der Waals surface area contributed by atoms with E-state index >= 15 is 0 Å². The van der Waals surface area contributed by atoms with Crippen LogP contribution in [0.2, 0.25) is 0 Å². The Morgan fingerprint density at radius 1 is 0.909 bits per heavy atom. The third-order valence-electron chi connectivity index (χ3n) is 3.10. The lowest BCUT2D eigenvalue weighted by molar-refractivity contribution is -0.145. The van der Waals surface area contributed by atoms with Gasteiger partial charge in [-0.05, 0) is 24.6 Å². The van der Waals surface area contributed by atoms with Crippen molar-refractivity contribution in [2.45, 2.75) is 23.0 Å². The van der Waals surface area contributed by atoms with Crippen molar-refractivity contribution in [1.29, 1.82) is 0 Å². The molecule has 1 aromatic heterocycles. The summed E-state index contributed by atoms with van der Waals surface area (Å²) in [6.45, 7) is 1.74. The molecule has 3 aromatic rings. The summed E-state index contributed by atoms with van der Waals surface area (Å²) in [4.78, 5) is 8.26. The van der Waals surface area contributed by atoms with Gasteiger partial charge in [0.15, 0.2) is 0 Å². The van der Waals surface area contributed by atoms with Gasteiger partial charge in [0.1, 0.15) is 5.03 Å². The average molecular weight is 320 g/mol. The molecule has 22 heavy (non-hydrogen) atoms. The lowest BCUT2D eigenvalue weighted by Crippen LogP contribution is -2.12. The predicted molar refractivity (Wildman–Crippen MR) is 79.8 cm³/mol. The molecule has 0 radical (unpaired) electrons. The Kier molecular flexibility index (Phi) is 3.78. The number of para-hydroxylation sites is 1. The van der Waals surface area contributed by atoms with Crippen molar-refractivity contribution in [3.8, 4) is 0 Å². The van der Waals surface area contributed by atoms with Crippen LogP contribution in [0.5, 0.6) is 0 Å². The molecule has 0 aliphatic rings. The Morgan fingerprint density at radius 2 is 1.64 bits per heavy atom. The molecule has 0 unspecified atom stereocenters. The molecular formula is C16H11F3N2S. The summed E-state index contributed by atoms with van der Waals surface area (Å²) < 4.78 is 39.1. The van der Waals surface area contributed by atoms with E-state index in [1.807, 2.05) is 30.3 Å². The molecule has 0 aliphatic heterocycles. The average Bonchev–Trinajstić information content (AvgIpc) is 2.48. The van der Waals surface area contributed by atoms with Gasteiger partial charge in [0.05, 0.1) is 5.52 Å². The highest BCUT2D eigenvalue weighted by Gasteiger charge is 2.35. The molecule has 0 bridgehead atoms. The standard InChI is InChI=1S/C16H11F3N2S/c1-10-6-5-9-12-13(10)20-15(16(17,18)19)21-14(12)22-11-7-3-2-4-8-11/h2-9H,1H3. The fraction of sp³-hybridized carbons (Fsp3) is 0.125. The van der Waals surface area contributed by atoms with Crippen molar-refractivity contribution in [3.63, 3.8) is 0 Å². The summed E-state index contributed by atoms with van der Waals surface area (Å²) >= 11 is 1.20. The predicted octanol–water partition coefficient (Wildman–Crippen LogP) is 5.11. The minimum Gasteiger partial charge on any atom is -0.224 e. The van der Waals surface area contributed by atoms with Crippen LogP contribution in [0.25, 0.3) is 10.9 Å². The molecule has 0 amide bonds. The molecule has 0 spiro atoms. The second-order valence-electron chi connectivity index (χ2n) is 4.74. The van der Waals surface area contributed by atoms with Crippen molar-refractivity contribution in [2.75, 3.05) is 0 Å². The van der Waals surface area contributed by atoms with E-state index in [9.17, 15) is 13.2 Å². The summed E-state index contributed by atoms with van der Waals surface area (Å²) in [7, 11) is 0. The third-order valence-corrected chi connectivity index (χ3v) is 4.12. The molecule has 0 saturated carbocycles. The molecular weight excluding hydrogens is 309 g/mol. The van der Waals surface area contributed by atoms with Gasteiger partial charge in [-0.1, -0.05) is 48.2 Å². The number of aryl methyl sites for hydroxylation is 1. The van der Waals surface area contributed by atoms with Gasteiger partial charge < -0.3 is 0 Å². The van der Waals surface area contributed by atoms with Crippen LogP contribution in [0.1, 0.15) is 11.4 Å². The van der Waals surface area contributed by atoms with Crippen molar-refractivity contribution in [2.24, 2.45) is 0 Å². The lowest BCUT2D eigenvalue weighted by Gasteiger charge is -2.11. The van der Waals surface area contributed by atoms with Crippen LogP contribution >= 0.6 is 11.8 Å². The van der Waals surface area contributed by atoms with Crippen LogP contribution in [0.3, 0.4) is 0 Å². The second-order valence-corrected chi connectivity index (χ2v) is 5.80. The van der Waals surface area contributed by atoms with E-state index in [1.165, 1.54) is 11.8 Å². The van der Waals surface area contributed by atoms with Crippen LogP contribution < -0.4 is 0 Å². The van der Waals surface area contributed by atoms with E-state index in [4.69, 9.17) is 0 Å². The molecule has 3 rings (SSSR count). The quantitative estimate of drug-likeness (QED) is 0.614. The monoisotopic (exact) mass is 320 g/mol. The number of halogens is 3. The van der Waals surface area contributed by atoms with Gasteiger partial charge in [-0.25, -0.2) is 9.97 Å². The zero-order valence-electron chi connectivity index (χ0n) is 11.6. The van der Waals surface area contributed by atoms with Gasteiger partial charge in [0.25, 0.3) is 0 Å². The van der Waals surface area contributed by atoms with Gasteiger partial charge in [-0.2, -0.15) is 13.2 Å². The molecule has 2 nitrogen and oxygen atoms in total. The maximum Gasteiger partial charge on any atom is 0.451 e. The molecule has 1 heterocycles. The Balaban J connectivity index is 2.21. The molecule has 0 aliphatic carbocycles. The SMILES string of the molecule is Cc1cccc2c(Sc3ccccc3)nc(C(F)(F)F)nc12. The summed E-state index contributed by atoms with van der Waals surface area (Å²) in [6, 6.07) is 14.5. The van der Waals surface area contributed by atoms with E-state index < -0.39 is 12.0 Å². The first-order chi connectivity index (χ1) is 10.4. The van der Waals surface area contributed by atoms with Crippen LogP contribution in [-0.2, 0) is 6.18 Å². The topological polar surface area (TPSA) is 25.8 Å². The number of rotatable bonds is 2. The third kappa shape index (κ3) is 2.92. The van der Waals surface area contributed by atoms with Crippen LogP contribution in [0.4, 0.5) is 13.2 Å². The molecule has 6 heteroatoms. The number of benzene rings is 2. The maximum absolute atomic E-state index is 13.0. The van der Waals surface area contributed by atoms with Crippen molar-refractivity contribution in [1.82, 2.24) is 9.97 Å². The number of nitrogens with zero attached hydrogens (tertiary/aromatic N) is 2. The Bertz CT molecular complexity index is 817. The minimum atomic E-state index is -4.57. The summed E-state index contributed by atoms with van der Waals surface area (Å²) in [5.74, 6) is -1.10. The van der Waals surface area contributed by atoms with Gasteiger partial charge in [-0.15, -0.1) is 0 Å². The summed E-state index contributed by atoms with van der Waals surface area (Å²) in [6.07, 6.45) is -4.57. The highest BCUT2D eigenvalue weighted by molar-refractivity contribution is 7.99. The molecule has 0 fully saturated rings.